The zero-order valence-corrected chi connectivity index (χ0v) is 18.6. The number of ketones is 1. The second-order valence-electron chi connectivity index (χ2n) is 8.37. The minimum atomic E-state index is -0.430. The Morgan fingerprint density at radius 3 is 2.55 bits per heavy atom. The predicted molar refractivity (Wildman–Crippen MR) is 118 cm³/mol. The Morgan fingerprint density at radius 2 is 1.84 bits per heavy atom. The molecule has 1 aromatic carbocycles. The van der Waals surface area contributed by atoms with Crippen LogP contribution in [0.25, 0.3) is 11.0 Å². The molecule has 2 amide bonds. The van der Waals surface area contributed by atoms with Gasteiger partial charge in [0, 0.05) is 38.5 Å². The van der Waals surface area contributed by atoms with E-state index < -0.39 is 6.04 Å². The molecule has 2 aromatic rings. The van der Waals surface area contributed by atoms with Crippen LogP contribution in [0.1, 0.15) is 44.7 Å². The molecule has 0 spiro atoms. The van der Waals surface area contributed by atoms with Crippen molar-refractivity contribution in [2.24, 2.45) is 5.92 Å². The van der Waals surface area contributed by atoms with Crippen molar-refractivity contribution in [3.63, 3.8) is 0 Å². The van der Waals surface area contributed by atoms with Crippen LogP contribution >= 0.6 is 0 Å². The SMILES string of the molecule is CC(=O)c1oc2ccccc2c1NC(=O)C(C)N1CCCN(C(=O)OCC(C)C)CC1. The molecule has 31 heavy (non-hydrogen) atoms. The molecule has 1 unspecified atom stereocenters. The summed E-state index contributed by atoms with van der Waals surface area (Å²) in [5.41, 5.74) is 0.967. The number of carbonyl (C=O) groups excluding carboxylic acids is 3. The molecular formula is C23H31N3O5. The van der Waals surface area contributed by atoms with Crippen LogP contribution in [0.2, 0.25) is 0 Å². The first-order chi connectivity index (χ1) is 14.8. The second-order valence-corrected chi connectivity index (χ2v) is 8.37. The van der Waals surface area contributed by atoms with Gasteiger partial charge >= 0.3 is 6.09 Å². The molecule has 8 heteroatoms. The van der Waals surface area contributed by atoms with Gasteiger partial charge in [-0.2, -0.15) is 0 Å². The Labute approximate surface area is 182 Å². The Bertz CT molecular complexity index is 952. The Kier molecular flexibility index (Phi) is 7.33. The van der Waals surface area contributed by atoms with Gasteiger partial charge in [-0.25, -0.2) is 4.79 Å². The average Bonchev–Trinajstić information content (AvgIpc) is 2.93. The van der Waals surface area contributed by atoms with E-state index in [0.29, 0.717) is 49.4 Å². The lowest BCUT2D eigenvalue weighted by atomic mass is 10.1. The third-order valence-electron chi connectivity index (χ3n) is 5.42. The molecule has 3 rings (SSSR count). The van der Waals surface area contributed by atoms with Crippen molar-refractivity contribution < 1.29 is 23.5 Å². The summed E-state index contributed by atoms with van der Waals surface area (Å²) >= 11 is 0. The van der Waals surface area contributed by atoms with E-state index >= 15 is 0 Å². The summed E-state index contributed by atoms with van der Waals surface area (Å²) in [6, 6.07) is 6.81. The quantitative estimate of drug-likeness (QED) is 0.703. The molecule has 1 saturated heterocycles. The largest absolute Gasteiger partial charge is 0.451 e. The van der Waals surface area contributed by atoms with Gasteiger partial charge in [-0.3, -0.25) is 14.5 Å². The van der Waals surface area contributed by atoms with Crippen LogP contribution < -0.4 is 5.32 Å². The monoisotopic (exact) mass is 429 g/mol. The number of nitrogens with zero attached hydrogens (tertiary/aromatic N) is 2. The van der Waals surface area contributed by atoms with Crippen LogP contribution in [0.15, 0.2) is 28.7 Å². The van der Waals surface area contributed by atoms with Gasteiger partial charge in [0.25, 0.3) is 0 Å². The molecule has 1 fully saturated rings. The summed E-state index contributed by atoms with van der Waals surface area (Å²) < 4.78 is 11.0. The molecule has 1 aliphatic rings. The topological polar surface area (TPSA) is 92.1 Å². The van der Waals surface area contributed by atoms with Gasteiger partial charge in [-0.1, -0.05) is 26.0 Å². The van der Waals surface area contributed by atoms with Gasteiger partial charge in [0.15, 0.2) is 11.5 Å². The summed E-state index contributed by atoms with van der Waals surface area (Å²) in [4.78, 5) is 41.1. The summed E-state index contributed by atoms with van der Waals surface area (Å²) in [6.45, 7) is 10.00. The molecule has 1 N–H and O–H groups in total. The number of fused-ring (bicyclic) bond motifs is 1. The van der Waals surface area contributed by atoms with E-state index in [1.807, 2.05) is 43.9 Å². The highest BCUT2D eigenvalue weighted by Crippen LogP contribution is 2.31. The first-order valence-electron chi connectivity index (χ1n) is 10.8. The summed E-state index contributed by atoms with van der Waals surface area (Å²) in [7, 11) is 0. The first kappa shape index (κ1) is 22.8. The zero-order valence-electron chi connectivity index (χ0n) is 18.6. The summed E-state index contributed by atoms with van der Waals surface area (Å²) in [6.07, 6.45) is 0.450. The van der Waals surface area contributed by atoms with Crippen molar-refractivity contribution in [1.82, 2.24) is 9.80 Å². The number of furan rings is 1. The number of benzene rings is 1. The zero-order chi connectivity index (χ0) is 22.5. The highest BCUT2D eigenvalue weighted by Gasteiger charge is 2.28. The molecule has 1 aromatic heterocycles. The van der Waals surface area contributed by atoms with E-state index in [4.69, 9.17) is 9.15 Å². The molecule has 8 nitrogen and oxygen atoms in total. The van der Waals surface area contributed by atoms with Gasteiger partial charge in [0.1, 0.15) is 5.58 Å². The smallest absolute Gasteiger partial charge is 0.409 e. The van der Waals surface area contributed by atoms with E-state index in [0.717, 1.165) is 6.42 Å². The molecule has 0 bridgehead atoms. The van der Waals surface area contributed by atoms with Crippen molar-refractivity contribution >= 4 is 34.4 Å². The normalized spacial score (nSPS) is 16.2. The van der Waals surface area contributed by atoms with Crippen LogP contribution in [0, 0.1) is 5.92 Å². The van der Waals surface area contributed by atoms with Crippen LogP contribution in [0.5, 0.6) is 0 Å². The van der Waals surface area contributed by atoms with Crippen molar-refractivity contribution in [2.75, 3.05) is 38.1 Å². The molecule has 1 atom stereocenters. The number of hydrogen-bond acceptors (Lipinski definition) is 6. The second kappa shape index (κ2) is 9.96. The van der Waals surface area contributed by atoms with Crippen LogP contribution in [-0.4, -0.2) is 66.4 Å². The van der Waals surface area contributed by atoms with E-state index in [2.05, 4.69) is 5.32 Å². The maximum Gasteiger partial charge on any atom is 0.409 e. The lowest BCUT2D eigenvalue weighted by Gasteiger charge is -2.26. The predicted octanol–water partition coefficient (Wildman–Crippen LogP) is 3.76. The summed E-state index contributed by atoms with van der Waals surface area (Å²) in [5.74, 6) is -0.0268. The fraction of sp³-hybridized carbons (Fsp3) is 0.522. The van der Waals surface area contributed by atoms with Gasteiger partial charge < -0.3 is 19.4 Å². The standard InChI is InChI=1S/C23H31N3O5/c1-15(2)14-30-23(29)26-11-7-10-25(12-13-26)16(3)22(28)24-20-18-8-5-6-9-19(18)31-21(20)17(4)27/h5-6,8-9,15-16H,7,10-14H2,1-4H3,(H,24,28). The highest BCUT2D eigenvalue weighted by molar-refractivity contribution is 6.11. The van der Waals surface area contributed by atoms with Crippen LogP contribution in [0.4, 0.5) is 10.5 Å². The molecule has 0 radical (unpaired) electrons. The number of ether oxygens (including phenoxy) is 1. The minimum Gasteiger partial charge on any atom is -0.451 e. The van der Waals surface area contributed by atoms with E-state index in [-0.39, 0.29) is 29.5 Å². The lowest BCUT2D eigenvalue weighted by Crippen LogP contribution is -2.44. The number of rotatable bonds is 6. The third kappa shape index (κ3) is 5.44. The number of carbonyl (C=O) groups is 3. The molecule has 2 heterocycles. The summed E-state index contributed by atoms with van der Waals surface area (Å²) in [5, 5.41) is 3.60. The first-order valence-corrected chi connectivity index (χ1v) is 10.8. The van der Waals surface area contributed by atoms with Gasteiger partial charge in [-0.05, 0) is 31.4 Å². The molecular weight excluding hydrogens is 398 g/mol. The number of hydrogen-bond donors (Lipinski definition) is 1. The molecule has 168 valence electrons. The number of anilines is 1. The van der Waals surface area contributed by atoms with Gasteiger partial charge in [-0.15, -0.1) is 0 Å². The van der Waals surface area contributed by atoms with Crippen LogP contribution in [0.3, 0.4) is 0 Å². The van der Waals surface area contributed by atoms with Crippen molar-refractivity contribution in [3.8, 4) is 0 Å². The lowest BCUT2D eigenvalue weighted by molar-refractivity contribution is -0.120. The fourth-order valence-corrected chi connectivity index (χ4v) is 3.65. The van der Waals surface area contributed by atoms with Crippen molar-refractivity contribution in [2.45, 2.75) is 40.2 Å². The molecule has 0 saturated carbocycles. The van der Waals surface area contributed by atoms with E-state index in [1.165, 1.54) is 6.92 Å². The molecule has 0 aliphatic carbocycles. The number of Topliss-reactive ketones (excluding diaryl/α,β-unsaturated/α-hetero) is 1. The number of para-hydroxylation sites is 1. The van der Waals surface area contributed by atoms with Gasteiger partial charge in [0.05, 0.1) is 18.3 Å². The highest BCUT2D eigenvalue weighted by atomic mass is 16.6. The Hall–Kier alpha value is -2.87. The maximum absolute atomic E-state index is 13.0. The third-order valence-corrected chi connectivity index (χ3v) is 5.42. The molecule has 1 aliphatic heterocycles. The van der Waals surface area contributed by atoms with E-state index in [9.17, 15) is 14.4 Å². The van der Waals surface area contributed by atoms with Crippen LogP contribution in [-0.2, 0) is 9.53 Å². The Balaban J connectivity index is 1.66. The van der Waals surface area contributed by atoms with Crippen molar-refractivity contribution in [1.29, 1.82) is 0 Å². The average molecular weight is 430 g/mol. The minimum absolute atomic E-state index is 0.150. The van der Waals surface area contributed by atoms with E-state index in [1.54, 1.807) is 11.0 Å². The fourth-order valence-electron chi connectivity index (χ4n) is 3.65. The maximum atomic E-state index is 13.0. The number of amides is 2. The van der Waals surface area contributed by atoms with Gasteiger partial charge in [0.2, 0.25) is 5.91 Å². The number of nitrogens with one attached hydrogen (secondary N) is 1. The van der Waals surface area contributed by atoms with Crippen molar-refractivity contribution in [3.05, 3.63) is 30.0 Å². The Morgan fingerprint density at radius 1 is 1.10 bits per heavy atom.